The van der Waals surface area contributed by atoms with E-state index in [-0.39, 0.29) is 16.1 Å². The number of carbonyl (C=O) groups excluding carboxylic acids is 4. The number of nitrogens with one attached hydrogen (secondary N) is 2. The molecule has 11 heteroatoms. The van der Waals surface area contributed by atoms with Crippen LogP contribution in [0.4, 0.5) is 18.6 Å². The molecule has 4 rings (SSSR count). The molecule has 5 amide bonds. The fraction of sp³-hybridized carbons (Fsp3) is 0.300. The third kappa shape index (κ3) is 3.44. The lowest BCUT2D eigenvalue weighted by Gasteiger charge is -2.22. The lowest BCUT2D eigenvalue weighted by atomic mass is 9.92. The molecule has 0 saturated carbocycles. The highest BCUT2D eigenvalue weighted by molar-refractivity contribution is 7.17. The van der Waals surface area contributed by atoms with Crippen molar-refractivity contribution in [2.45, 2.75) is 31.7 Å². The number of halogens is 2. The number of nitrogens with zero attached hydrogens (tertiary/aromatic N) is 1. The first-order valence-electron chi connectivity index (χ1n) is 9.45. The van der Waals surface area contributed by atoms with Crippen molar-refractivity contribution in [2.24, 2.45) is 5.73 Å². The quantitative estimate of drug-likeness (QED) is 0.606. The number of amides is 5. The summed E-state index contributed by atoms with van der Waals surface area (Å²) in [4.78, 5) is 51.3. The van der Waals surface area contributed by atoms with E-state index >= 15 is 0 Å². The largest absolute Gasteiger partial charge is 0.365 e. The van der Waals surface area contributed by atoms with Crippen molar-refractivity contribution in [3.05, 3.63) is 51.4 Å². The second-order valence-electron chi connectivity index (χ2n) is 7.55. The molecule has 2 aliphatic rings. The summed E-state index contributed by atoms with van der Waals surface area (Å²) in [6.45, 7) is 0.720. The van der Waals surface area contributed by atoms with Gasteiger partial charge in [0, 0.05) is 4.88 Å². The van der Waals surface area contributed by atoms with Crippen LogP contribution in [0.15, 0.2) is 18.2 Å². The first kappa shape index (κ1) is 20.9. The van der Waals surface area contributed by atoms with E-state index in [9.17, 15) is 28.0 Å². The predicted octanol–water partition coefficient (Wildman–Crippen LogP) is 2.02. The number of hydrogen-bond acceptors (Lipinski definition) is 5. The minimum atomic E-state index is -1.66. The minimum absolute atomic E-state index is 0.0401. The number of fused-ring (bicyclic) bond motifs is 1. The lowest BCUT2D eigenvalue weighted by molar-refractivity contribution is -0.133. The van der Waals surface area contributed by atoms with Crippen LogP contribution in [0.25, 0.3) is 0 Å². The average molecular weight is 448 g/mol. The number of anilines is 1. The zero-order valence-electron chi connectivity index (χ0n) is 16.4. The van der Waals surface area contributed by atoms with E-state index < -0.39 is 47.5 Å². The molecule has 2 aromatic rings. The topological polar surface area (TPSA) is 122 Å². The number of imide groups is 1. The highest BCUT2D eigenvalue weighted by Crippen LogP contribution is 2.39. The Hall–Kier alpha value is -3.34. The van der Waals surface area contributed by atoms with Gasteiger partial charge in [-0.2, -0.15) is 0 Å². The van der Waals surface area contributed by atoms with Crippen LogP contribution < -0.4 is 16.4 Å². The Bertz CT molecular complexity index is 1150. The van der Waals surface area contributed by atoms with E-state index in [0.717, 1.165) is 35.4 Å². The van der Waals surface area contributed by atoms with E-state index in [2.05, 4.69) is 10.6 Å². The van der Waals surface area contributed by atoms with Crippen LogP contribution in [0.2, 0.25) is 0 Å². The summed E-state index contributed by atoms with van der Waals surface area (Å²) in [5, 5.41) is 5.28. The van der Waals surface area contributed by atoms with Crippen molar-refractivity contribution in [3.8, 4) is 0 Å². The summed E-state index contributed by atoms with van der Waals surface area (Å²) < 4.78 is 26.9. The Labute approximate surface area is 179 Å². The Balaban J connectivity index is 1.53. The molecule has 1 atom stereocenters. The van der Waals surface area contributed by atoms with Crippen molar-refractivity contribution in [1.29, 1.82) is 0 Å². The van der Waals surface area contributed by atoms with Gasteiger partial charge in [0.15, 0.2) is 11.6 Å². The number of primary amides is 1. The van der Waals surface area contributed by atoms with Gasteiger partial charge in [-0.25, -0.2) is 13.6 Å². The molecule has 1 fully saturated rings. The normalized spacial score (nSPS) is 20.0. The van der Waals surface area contributed by atoms with Crippen LogP contribution in [0.5, 0.6) is 0 Å². The standard InChI is InChI=1S/C20H18F2N4O4S/c1-20(9-5-6-11(21)12(22)7-9)18(29)26(19(30)25-20)8-14(27)24-17-15(16(23)28)10-3-2-4-13(10)31-17/h5-7H,2-4,8H2,1H3,(H2,23,28)(H,24,27)(H,25,30). The molecule has 1 aromatic heterocycles. The van der Waals surface area contributed by atoms with E-state index in [0.29, 0.717) is 11.3 Å². The summed E-state index contributed by atoms with van der Waals surface area (Å²) in [6, 6.07) is 2.01. The van der Waals surface area contributed by atoms with Crippen molar-refractivity contribution >= 4 is 40.1 Å². The van der Waals surface area contributed by atoms with Gasteiger partial charge in [-0.1, -0.05) is 6.07 Å². The Morgan fingerprint density at radius 1 is 1.26 bits per heavy atom. The van der Waals surface area contributed by atoms with Crippen molar-refractivity contribution in [3.63, 3.8) is 0 Å². The summed E-state index contributed by atoms with van der Waals surface area (Å²) in [5.74, 6) is -4.39. The molecule has 4 N–H and O–H groups in total. The van der Waals surface area contributed by atoms with Crippen LogP contribution in [0.3, 0.4) is 0 Å². The summed E-state index contributed by atoms with van der Waals surface area (Å²) in [6.07, 6.45) is 2.38. The summed E-state index contributed by atoms with van der Waals surface area (Å²) >= 11 is 1.25. The number of thiophene rings is 1. The summed E-state index contributed by atoms with van der Waals surface area (Å²) in [5.41, 5.74) is 4.94. The number of urea groups is 1. The van der Waals surface area contributed by atoms with Crippen LogP contribution in [0.1, 0.15) is 39.7 Å². The van der Waals surface area contributed by atoms with Gasteiger partial charge in [-0.15, -0.1) is 11.3 Å². The molecule has 2 heterocycles. The van der Waals surface area contributed by atoms with Crippen molar-refractivity contribution in [1.82, 2.24) is 10.2 Å². The van der Waals surface area contributed by atoms with Crippen molar-refractivity contribution < 1.29 is 28.0 Å². The van der Waals surface area contributed by atoms with Gasteiger partial charge in [-0.3, -0.25) is 19.3 Å². The molecule has 1 aliphatic heterocycles. The maximum atomic E-state index is 13.6. The van der Waals surface area contributed by atoms with E-state index in [1.54, 1.807) is 0 Å². The van der Waals surface area contributed by atoms with Gasteiger partial charge in [0.25, 0.3) is 11.8 Å². The Morgan fingerprint density at radius 2 is 2.00 bits per heavy atom. The average Bonchev–Trinajstić information content (AvgIpc) is 3.32. The van der Waals surface area contributed by atoms with E-state index in [1.807, 2.05) is 0 Å². The van der Waals surface area contributed by atoms with Crippen LogP contribution in [0, 0.1) is 11.6 Å². The maximum absolute atomic E-state index is 13.6. The molecule has 1 saturated heterocycles. The molecular weight excluding hydrogens is 430 g/mol. The van der Waals surface area contributed by atoms with E-state index in [4.69, 9.17) is 5.73 Å². The lowest BCUT2D eigenvalue weighted by Crippen LogP contribution is -2.42. The fourth-order valence-electron chi connectivity index (χ4n) is 3.91. The molecule has 162 valence electrons. The zero-order valence-corrected chi connectivity index (χ0v) is 17.2. The number of benzene rings is 1. The Morgan fingerprint density at radius 3 is 2.68 bits per heavy atom. The van der Waals surface area contributed by atoms with Crippen molar-refractivity contribution in [2.75, 3.05) is 11.9 Å². The number of hydrogen-bond donors (Lipinski definition) is 3. The van der Waals surface area contributed by atoms with Gasteiger partial charge in [-0.05, 0) is 49.4 Å². The second-order valence-corrected chi connectivity index (χ2v) is 8.65. The molecule has 8 nitrogen and oxygen atoms in total. The molecule has 0 radical (unpaired) electrons. The molecule has 1 aromatic carbocycles. The van der Waals surface area contributed by atoms with E-state index in [1.165, 1.54) is 24.3 Å². The van der Waals surface area contributed by atoms with Crippen LogP contribution in [-0.2, 0) is 28.0 Å². The monoisotopic (exact) mass is 448 g/mol. The van der Waals surface area contributed by atoms with Crippen LogP contribution in [-0.4, -0.2) is 35.2 Å². The number of carbonyl (C=O) groups is 4. The molecule has 0 bridgehead atoms. The minimum Gasteiger partial charge on any atom is -0.365 e. The van der Waals surface area contributed by atoms with Gasteiger partial charge in [0.2, 0.25) is 5.91 Å². The summed E-state index contributed by atoms with van der Waals surface area (Å²) in [7, 11) is 0. The zero-order chi connectivity index (χ0) is 22.5. The first-order chi connectivity index (χ1) is 14.6. The molecular formula is C20H18F2N4O4S. The fourth-order valence-corrected chi connectivity index (χ4v) is 5.22. The predicted molar refractivity (Wildman–Crippen MR) is 107 cm³/mol. The number of nitrogens with two attached hydrogens (primary N) is 1. The number of aryl methyl sites for hydroxylation is 1. The third-order valence-electron chi connectivity index (χ3n) is 5.49. The first-order valence-corrected chi connectivity index (χ1v) is 10.3. The van der Waals surface area contributed by atoms with Gasteiger partial charge in [0.05, 0.1) is 5.56 Å². The Kier molecular flexibility index (Phi) is 5.00. The molecule has 1 aliphatic carbocycles. The van der Waals surface area contributed by atoms with Gasteiger partial charge >= 0.3 is 6.03 Å². The van der Waals surface area contributed by atoms with Gasteiger partial charge in [0.1, 0.15) is 17.1 Å². The highest BCUT2D eigenvalue weighted by atomic mass is 32.1. The van der Waals surface area contributed by atoms with Crippen LogP contribution >= 0.6 is 11.3 Å². The molecule has 0 spiro atoms. The highest BCUT2D eigenvalue weighted by Gasteiger charge is 2.49. The smallest absolute Gasteiger partial charge is 0.325 e. The SMILES string of the molecule is CC1(c2ccc(F)c(F)c2)NC(=O)N(CC(=O)Nc2sc3c(c2C(N)=O)CCC3)C1=O. The molecule has 1 unspecified atom stereocenters. The van der Waals surface area contributed by atoms with Gasteiger partial charge < -0.3 is 16.4 Å². The third-order valence-corrected chi connectivity index (χ3v) is 6.70. The maximum Gasteiger partial charge on any atom is 0.325 e. The molecule has 31 heavy (non-hydrogen) atoms. The second kappa shape index (κ2) is 7.41. The number of rotatable bonds is 5.